The first kappa shape index (κ1) is 12.0. The van der Waals surface area contributed by atoms with E-state index < -0.39 is 12.1 Å². The van der Waals surface area contributed by atoms with Gasteiger partial charge in [0, 0.05) is 5.92 Å². The van der Waals surface area contributed by atoms with Crippen molar-refractivity contribution in [3.63, 3.8) is 0 Å². The molecule has 5 heteroatoms. The van der Waals surface area contributed by atoms with Crippen molar-refractivity contribution in [1.82, 2.24) is 0 Å². The van der Waals surface area contributed by atoms with Crippen LogP contribution in [-0.4, -0.2) is 28.9 Å². The van der Waals surface area contributed by atoms with Gasteiger partial charge in [-0.05, 0) is 6.92 Å². The lowest BCUT2D eigenvalue weighted by molar-refractivity contribution is -0.136. The number of hydrogen-bond donors (Lipinski definition) is 2. The zero-order valence-corrected chi connectivity index (χ0v) is 5.90. The second-order valence-corrected chi connectivity index (χ2v) is 1.15. The molecule has 0 aromatic carbocycles. The molecule has 62 valence electrons. The number of hydrogen-bond acceptors (Lipinski definition) is 3. The van der Waals surface area contributed by atoms with Crippen LogP contribution in [0.25, 0.3) is 0 Å². The van der Waals surface area contributed by atoms with Gasteiger partial charge in [-0.2, -0.15) is 0 Å². The van der Waals surface area contributed by atoms with Gasteiger partial charge >= 0.3 is 12.1 Å². The molecule has 2 N–H and O–H groups in total. The van der Waals surface area contributed by atoms with Gasteiger partial charge in [-0.3, -0.25) is 0 Å². The van der Waals surface area contributed by atoms with Crippen molar-refractivity contribution in [3.05, 3.63) is 0 Å². The minimum Gasteiger partial charge on any atom is -0.456 e. The summed E-state index contributed by atoms with van der Waals surface area (Å²) in [7, 11) is 0. The molecule has 0 heterocycles. The zero-order chi connectivity index (χ0) is 9.28. The van der Waals surface area contributed by atoms with Gasteiger partial charge in [0.25, 0.3) is 0 Å². The van der Waals surface area contributed by atoms with E-state index in [0.717, 1.165) is 0 Å². The molecule has 0 rings (SSSR count). The highest BCUT2D eigenvalue weighted by atomic mass is 16.6. The van der Waals surface area contributed by atoms with Crippen LogP contribution in [0.5, 0.6) is 0 Å². The van der Waals surface area contributed by atoms with Crippen molar-refractivity contribution in [3.8, 4) is 12.3 Å². The summed E-state index contributed by atoms with van der Waals surface area (Å²) in [6.45, 7) is 2.05. The van der Waals surface area contributed by atoms with Crippen molar-refractivity contribution in [1.29, 1.82) is 0 Å². The molecule has 0 aromatic rings. The molecule has 0 aromatic heterocycles. The molecule has 0 spiro atoms. The molecule has 0 saturated carbocycles. The van der Waals surface area contributed by atoms with E-state index in [1.54, 1.807) is 12.8 Å². The van der Waals surface area contributed by atoms with Crippen molar-refractivity contribution in [2.45, 2.75) is 6.92 Å². The number of terminal acetylenes is 1. The molecule has 0 radical (unpaired) electrons. The highest BCUT2D eigenvalue weighted by Gasteiger charge is 1.87. The maximum Gasteiger partial charge on any atom is 0.503 e. The summed E-state index contributed by atoms with van der Waals surface area (Å²) < 4.78 is 4.32. The van der Waals surface area contributed by atoms with Gasteiger partial charge < -0.3 is 14.9 Å². The Labute approximate surface area is 63.6 Å². The second-order valence-electron chi connectivity index (χ2n) is 1.15. The van der Waals surface area contributed by atoms with Crippen LogP contribution in [0.2, 0.25) is 0 Å². The first-order valence-corrected chi connectivity index (χ1v) is 2.59. The van der Waals surface area contributed by atoms with Crippen LogP contribution in [0.4, 0.5) is 4.79 Å². The number of rotatable bonds is 1. The zero-order valence-electron chi connectivity index (χ0n) is 5.90. The number of carbonyl (C=O) groups is 2. The predicted molar refractivity (Wildman–Crippen MR) is 36.1 cm³/mol. The maximum atomic E-state index is 9.95. The van der Waals surface area contributed by atoms with Gasteiger partial charge in [-0.1, -0.05) is 0 Å². The second kappa shape index (κ2) is 8.30. The minimum absolute atomic E-state index is 0.350. The van der Waals surface area contributed by atoms with Crippen LogP contribution in [-0.2, 0) is 9.53 Å². The van der Waals surface area contributed by atoms with Crippen LogP contribution in [0.3, 0.4) is 0 Å². The molecule has 5 nitrogen and oxygen atoms in total. The van der Waals surface area contributed by atoms with Gasteiger partial charge in [-0.15, -0.1) is 6.42 Å². The topological polar surface area (TPSA) is 83.8 Å². The number of carboxylic acid groups (broad SMARTS) is 2. The smallest absolute Gasteiger partial charge is 0.456 e. The third kappa shape index (κ3) is 30.3. The lowest BCUT2D eigenvalue weighted by Crippen LogP contribution is -1.98. The van der Waals surface area contributed by atoms with Crippen LogP contribution in [0, 0.1) is 12.3 Å². The van der Waals surface area contributed by atoms with Crippen LogP contribution >= 0.6 is 0 Å². The van der Waals surface area contributed by atoms with Crippen LogP contribution < -0.4 is 0 Å². The van der Waals surface area contributed by atoms with Crippen molar-refractivity contribution < 1.29 is 24.5 Å². The Hall–Kier alpha value is -1.70. The molecule has 0 unspecified atom stereocenters. The van der Waals surface area contributed by atoms with Gasteiger partial charge in [0.1, 0.15) is 0 Å². The summed E-state index contributed by atoms with van der Waals surface area (Å²) in [6.07, 6.45) is 2.80. The standard InChI is InChI=1S/C5H6O2.CH2O3/c1-3-5(6)7-4-2;2-1(3)4/h1H,4H2,2H3;(H2,2,3,4). The molecule has 0 fully saturated rings. The molecule has 0 aliphatic carbocycles. The predicted octanol–water partition coefficient (Wildman–Crippen LogP) is 0.405. The fraction of sp³-hybridized carbons (Fsp3) is 0.333. The summed E-state index contributed by atoms with van der Waals surface area (Å²) in [4.78, 5) is 18.5. The highest BCUT2D eigenvalue weighted by molar-refractivity contribution is 5.87. The fourth-order valence-corrected chi connectivity index (χ4v) is 0.173. The molecular weight excluding hydrogens is 152 g/mol. The Morgan fingerprint density at radius 2 is 1.91 bits per heavy atom. The van der Waals surface area contributed by atoms with E-state index in [-0.39, 0.29) is 0 Å². The lowest BCUT2D eigenvalue weighted by Gasteiger charge is -1.88. The molecule has 0 aliphatic heterocycles. The highest BCUT2D eigenvalue weighted by Crippen LogP contribution is 1.70. The molecule has 0 aliphatic rings. The number of carbonyl (C=O) groups excluding carboxylic acids is 1. The molecular formula is C6H8O5. The SMILES string of the molecule is C#CC(=O)OCC.O=C(O)O. The normalized spacial score (nSPS) is 6.55. The largest absolute Gasteiger partial charge is 0.503 e. The maximum absolute atomic E-state index is 9.95. The third-order valence-corrected chi connectivity index (χ3v) is 0.393. The average Bonchev–Trinajstić information content (AvgIpc) is 1.87. The summed E-state index contributed by atoms with van der Waals surface area (Å²) in [5.41, 5.74) is 0. The molecule has 0 atom stereocenters. The van der Waals surface area contributed by atoms with Crippen LogP contribution in [0.15, 0.2) is 0 Å². The first-order chi connectivity index (χ1) is 5.04. The Bertz CT molecular complexity index is 162. The van der Waals surface area contributed by atoms with E-state index in [1.165, 1.54) is 0 Å². The number of esters is 1. The third-order valence-electron chi connectivity index (χ3n) is 0.393. The van der Waals surface area contributed by atoms with Gasteiger partial charge in [-0.25, -0.2) is 9.59 Å². The molecule has 0 saturated heterocycles. The Morgan fingerprint density at radius 3 is 2.00 bits per heavy atom. The summed E-state index contributed by atoms with van der Waals surface area (Å²) in [5, 5.41) is 13.9. The van der Waals surface area contributed by atoms with E-state index >= 15 is 0 Å². The Balaban J connectivity index is 0. The Kier molecular flexibility index (Phi) is 9.07. The van der Waals surface area contributed by atoms with Crippen molar-refractivity contribution in [2.24, 2.45) is 0 Å². The van der Waals surface area contributed by atoms with E-state index in [9.17, 15) is 4.79 Å². The van der Waals surface area contributed by atoms with E-state index in [0.29, 0.717) is 6.61 Å². The lowest BCUT2D eigenvalue weighted by atomic mass is 10.7. The minimum atomic E-state index is -1.83. The first-order valence-electron chi connectivity index (χ1n) is 2.59. The van der Waals surface area contributed by atoms with Crippen molar-refractivity contribution >= 4 is 12.1 Å². The van der Waals surface area contributed by atoms with Crippen molar-refractivity contribution in [2.75, 3.05) is 6.61 Å². The van der Waals surface area contributed by atoms with Gasteiger partial charge in [0.2, 0.25) is 0 Å². The van der Waals surface area contributed by atoms with E-state index in [1.807, 2.05) is 0 Å². The monoisotopic (exact) mass is 160 g/mol. The van der Waals surface area contributed by atoms with Gasteiger partial charge in [0.15, 0.2) is 0 Å². The number of ether oxygens (including phenoxy) is 1. The molecule has 0 amide bonds. The molecule has 11 heavy (non-hydrogen) atoms. The average molecular weight is 160 g/mol. The molecule has 0 bridgehead atoms. The fourth-order valence-electron chi connectivity index (χ4n) is 0.173. The van der Waals surface area contributed by atoms with Crippen LogP contribution in [0.1, 0.15) is 6.92 Å². The van der Waals surface area contributed by atoms with Gasteiger partial charge in [0.05, 0.1) is 6.61 Å². The quantitative estimate of drug-likeness (QED) is 0.329. The summed E-state index contributed by atoms with van der Waals surface area (Å²) in [6, 6.07) is 0. The summed E-state index contributed by atoms with van der Waals surface area (Å²) >= 11 is 0. The van der Waals surface area contributed by atoms with E-state index in [4.69, 9.17) is 15.0 Å². The summed E-state index contributed by atoms with van der Waals surface area (Å²) in [5.74, 6) is 1.21. The van der Waals surface area contributed by atoms with E-state index in [2.05, 4.69) is 11.2 Å². The Morgan fingerprint density at radius 1 is 1.55 bits per heavy atom.